The van der Waals surface area contributed by atoms with Gasteiger partial charge in [0.05, 0.1) is 5.56 Å². The molecule has 0 saturated heterocycles. The van der Waals surface area contributed by atoms with E-state index in [0.29, 0.717) is 10.8 Å². The fourth-order valence-electron chi connectivity index (χ4n) is 2.11. The molecule has 0 aliphatic rings. The van der Waals surface area contributed by atoms with E-state index < -0.39 is 5.82 Å². The summed E-state index contributed by atoms with van der Waals surface area (Å²) in [5.74, 6) is 0.484. The fourth-order valence-corrected chi connectivity index (χ4v) is 2.28. The first-order chi connectivity index (χ1) is 11.0. The second-order valence-electron chi connectivity index (χ2n) is 5.16. The van der Waals surface area contributed by atoms with E-state index in [9.17, 15) is 4.39 Å². The van der Waals surface area contributed by atoms with Crippen molar-refractivity contribution in [2.75, 3.05) is 5.32 Å². The first kappa shape index (κ1) is 15.4. The maximum atomic E-state index is 14.0. The number of pyridine rings is 1. The van der Waals surface area contributed by atoms with Gasteiger partial charge in [-0.15, -0.1) is 0 Å². The van der Waals surface area contributed by atoms with Crippen molar-refractivity contribution in [2.45, 2.75) is 13.8 Å². The Morgan fingerprint density at radius 2 is 1.91 bits per heavy atom. The van der Waals surface area contributed by atoms with Crippen LogP contribution in [0, 0.1) is 19.7 Å². The van der Waals surface area contributed by atoms with Crippen molar-refractivity contribution in [3.8, 4) is 11.4 Å². The topological polar surface area (TPSA) is 50.7 Å². The Hall–Kier alpha value is -2.53. The van der Waals surface area contributed by atoms with Crippen LogP contribution < -0.4 is 5.32 Å². The Labute approximate surface area is 138 Å². The van der Waals surface area contributed by atoms with Crippen LogP contribution in [0.2, 0.25) is 5.02 Å². The van der Waals surface area contributed by atoms with Gasteiger partial charge in [-0.1, -0.05) is 11.6 Å². The zero-order valence-corrected chi connectivity index (χ0v) is 13.4. The van der Waals surface area contributed by atoms with E-state index in [-0.39, 0.29) is 11.4 Å². The lowest BCUT2D eigenvalue weighted by atomic mass is 10.2. The maximum absolute atomic E-state index is 14.0. The van der Waals surface area contributed by atoms with Gasteiger partial charge in [0.2, 0.25) is 0 Å². The number of hydrogen-bond donors (Lipinski definition) is 1. The van der Waals surface area contributed by atoms with Gasteiger partial charge in [0.25, 0.3) is 0 Å². The Bertz CT molecular complexity index is 867. The standard InChI is InChI=1S/C17H14ClFN4/c1-10-8-20-6-5-15(10)22-16-11(2)9-21-17(23-16)13-7-12(18)3-4-14(13)19/h3-9H,1-2H3,(H,20,21,22,23). The number of aryl methyl sites for hydroxylation is 2. The average Bonchev–Trinajstić information content (AvgIpc) is 2.54. The minimum absolute atomic E-state index is 0.270. The third-order valence-electron chi connectivity index (χ3n) is 3.41. The van der Waals surface area contributed by atoms with E-state index in [1.807, 2.05) is 19.9 Å². The molecule has 0 aliphatic carbocycles. The van der Waals surface area contributed by atoms with Crippen LogP contribution in [0.3, 0.4) is 0 Å². The zero-order valence-electron chi connectivity index (χ0n) is 12.6. The second-order valence-corrected chi connectivity index (χ2v) is 5.60. The predicted octanol–water partition coefficient (Wildman–Crippen LogP) is 4.69. The van der Waals surface area contributed by atoms with Crippen LogP contribution in [0.1, 0.15) is 11.1 Å². The summed E-state index contributed by atoms with van der Waals surface area (Å²) in [5.41, 5.74) is 3.00. The normalized spacial score (nSPS) is 10.6. The molecular formula is C17H14ClFN4. The summed E-state index contributed by atoms with van der Waals surface area (Å²) >= 11 is 5.94. The Morgan fingerprint density at radius 3 is 2.70 bits per heavy atom. The highest BCUT2D eigenvalue weighted by Gasteiger charge is 2.12. The van der Waals surface area contributed by atoms with Gasteiger partial charge in [-0.05, 0) is 43.7 Å². The Balaban J connectivity index is 2.03. The summed E-state index contributed by atoms with van der Waals surface area (Å²) in [7, 11) is 0. The molecule has 3 aromatic rings. The van der Waals surface area contributed by atoms with Crippen molar-refractivity contribution in [3.05, 3.63) is 64.8 Å². The molecule has 0 fully saturated rings. The van der Waals surface area contributed by atoms with Crippen LogP contribution in [0.5, 0.6) is 0 Å². The summed E-state index contributed by atoms with van der Waals surface area (Å²) in [5, 5.41) is 3.67. The van der Waals surface area contributed by atoms with Gasteiger partial charge < -0.3 is 5.32 Å². The number of aromatic nitrogens is 3. The minimum atomic E-state index is -0.413. The minimum Gasteiger partial charge on any atom is -0.340 e. The first-order valence-corrected chi connectivity index (χ1v) is 7.39. The van der Waals surface area contributed by atoms with Crippen LogP contribution >= 0.6 is 11.6 Å². The quantitative estimate of drug-likeness (QED) is 0.757. The van der Waals surface area contributed by atoms with Gasteiger partial charge in [0.1, 0.15) is 11.6 Å². The van der Waals surface area contributed by atoms with Crippen molar-refractivity contribution < 1.29 is 4.39 Å². The summed E-state index contributed by atoms with van der Waals surface area (Å²) in [6.45, 7) is 3.83. The van der Waals surface area contributed by atoms with E-state index in [4.69, 9.17) is 11.6 Å². The molecule has 0 saturated carbocycles. The van der Waals surface area contributed by atoms with E-state index in [0.717, 1.165) is 16.8 Å². The summed E-state index contributed by atoms with van der Waals surface area (Å²) in [4.78, 5) is 12.7. The average molecular weight is 329 g/mol. The Kier molecular flexibility index (Phi) is 4.21. The summed E-state index contributed by atoms with van der Waals surface area (Å²) in [6.07, 6.45) is 5.11. The van der Waals surface area contributed by atoms with Crippen molar-refractivity contribution in [2.24, 2.45) is 0 Å². The molecular weight excluding hydrogens is 315 g/mol. The lowest BCUT2D eigenvalue weighted by Gasteiger charge is -2.12. The maximum Gasteiger partial charge on any atom is 0.164 e. The molecule has 23 heavy (non-hydrogen) atoms. The molecule has 6 heteroatoms. The van der Waals surface area contributed by atoms with Crippen molar-refractivity contribution in [1.29, 1.82) is 0 Å². The molecule has 2 aromatic heterocycles. The highest BCUT2D eigenvalue weighted by atomic mass is 35.5. The highest BCUT2D eigenvalue weighted by molar-refractivity contribution is 6.30. The molecule has 1 N–H and O–H groups in total. The molecule has 0 spiro atoms. The molecule has 1 aromatic carbocycles. The molecule has 0 amide bonds. The molecule has 116 valence electrons. The molecule has 2 heterocycles. The van der Waals surface area contributed by atoms with Crippen LogP contribution in [0.25, 0.3) is 11.4 Å². The number of anilines is 2. The van der Waals surface area contributed by atoms with Crippen LogP contribution in [0.15, 0.2) is 42.9 Å². The molecule has 0 unspecified atom stereocenters. The van der Waals surface area contributed by atoms with Crippen LogP contribution in [-0.2, 0) is 0 Å². The van der Waals surface area contributed by atoms with Crippen LogP contribution in [-0.4, -0.2) is 15.0 Å². The SMILES string of the molecule is Cc1cnccc1Nc1nc(-c2cc(Cl)ccc2F)ncc1C. The lowest BCUT2D eigenvalue weighted by molar-refractivity contribution is 0.630. The molecule has 3 rings (SSSR count). The van der Waals surface area contributed by atoms with Crippen molar-refractivity contribution >= 4 is 23.1 Å². The molecule has 0 bridgehead atoms. The number of rotatable bonds is 3. The van der Waals surface area contributed by atoms with E-state index in [2.05, 4.69) is 20.3 Å². The molecule has 0 radical (unpaired) electrons. The van der Waals surface area contributed by atoms with Gasteiger partial charge in [0, 0.05) is 34.9 Å². The molecule has 0 aliphatic heterocycles. The van der Waals surface area contributed by atoms with Gasteiger partial charge in [0.15, 0.2) is 5.82 Å². The number of benzene rings is 1. The number of nitrogens with one attached hydrogen (secondary N) is 1. The number of halogens is 2. The van der Waals surface area contributed by atoms with Gasteiger partial charge in [-0.2, -0.15) is 0 Å². The van der Waals surface area contributed by atoms with Gasteiger partial charge in [-0.25, -0.2) is 14.4 Å². The zero-order chi connectivity index (χ0) is 16.4. The summed E-state index contributed by atoms with van der Waals surface area (Å²) < 4.78 is 14.0. The first-order valence-electron chi connectivity index (χ1n) is 7.01. The monoisotopic (exact) mass is 328 g/mol. The largest absolute Gasteiger partial charge is 0.340 e. The van der Waals surface area contributed by atoms with E-state index in [1.165, 1.54) is 18.2 Å². The van der Waals surface area contributed by atoms with Crippen molar-refractivity contribution in [3.63, 3.8) is 0 Å². The number of hydrogen-bond acceptors (Lipinski definition) is 4. The van der Waals surface area contributed by atoms with Crippen LogP contribution in [0.4, 0.5) is 15.9 Å². The summed E-state index contributed by atoms with van der Waals surface area (Å²) in [6, 6.07) is 6.18. The van der Waals surface area contributed by atoms with E-state index in [1.54, 1.807) is 18.6 Å². The third-order valence-corrected chi connectivity index (χ3v) is 3.65. The molecule has 0 atom stereocenters. The fraction of sp³-hybridized carbons (Fsp3) is 0.118. The Morgan fingerprint density at radius 1 is 1.09 bits per heavy atom. The lowest BCUT2D eigenvalue weighted by Crippen LogP contribution is -2.02. The highest BCUT2D eigenvalue weighted by Crippen LogP contribution is 2.26. The van der Waals surface area contributed by atoms with Gasteiger partial charge >= 0.3 is 0 Å². The third kappa shape index (κ3) is 3.29. The predicted molar refractivity (Wildman–Crippen MR) is 89.4 cm³/mol. The molecule has 4 nitrogen and oxygen atoms in total. The van der Waals surface area contributed by atoms with E-state index >= 15 is 0 Å². The number of nitrogens with zero attached hydrogens (tertiary/aromatic N) is 3. The van der Waals surface area contributed by atoms with Gasteiger partial charge in [-0.3, -0.25) is 4.98 Å². The second kappa shape index (κ2) is 6.30. The smallest absolute Gasteiger partial charge is 0.164 e. The van der Waals surface area contributed by atoms with Crippen molar-refractivity contribution in [1.82, 2.24) is 15.0 Å².